The van der Waals surface area contributed by atoms with Gasteiger partial charge in [0.2, 0.25) is 5.91 Å². The fourth-order valence-corrected chi connectivity index (χ4v) is 3.76. The smallest absolute Gasteiger partial charge is 0.328 e. The average molecular weight is 333 g/mol. The number of aliphatic carboxylic acids is 1. The van der Waals surface area contributed by atoms with Crippen molar-refractivity contribution in [3.8, 4) is 0 Å². The van der Waals surface area contributed by atoms with Crippen molar-refractivity contribution >= 4 is 36.2 Å². The fourth-order valence-electron chi connectivity index (χ4n) is 3.76. The molecule has 1 aromatic carbocycles. The lowest BCUT2D eigenvalue weighted by Crippen LogP contribution is -2.35. The number of nitrogens with zero attached hydrogens (tertiary/aromatic N) is 2. The van der Waals surface area contributed by atoms with Crippen LogP contribution in [0.4, 0.5) is 11.5 Å². The summed E-state index contributed by atoms with van der Waals surface area (Å²) in [7, 11) is 0. The zero-order valence-electron chi connectivity index (χ0n) is 13.3. The van der Waals surface area contributed by atoms with Gasteiger partial charge in [0.15, 0.2) is 0 Å². The maximum Gasteiger partial charge on any atom is 0.328 e. The van der Waals surface area contributed by atoms with E-state index < -0.39 is 11.4 Å². The van der Waals surface area contributed by atoms with Crippen molar-refractivity contribution in [2.75, 3.05) is 5.32 Å². The Labute approximate surface area is 143 Å². The van der Waals surface area contributed by atoms with E-state index in [4.69, 9.17) is 5.11 Å². The van der Waals surface area contributed by atoms with Gasteiger partial charge in [0.25, 0.3) is 0 Å². The summed E-state index contributed by atoms with van der Waals surface area (Å²) < 4.78 is 0. The van der Waals surface area contributed by atoms with Gasteiger partial charge in [-0.25, -0.2) is 9.78 Å². The Bertz CT molecular complexity index is 964. The highest BCUT2D eigenvalue weighted by molar-refractivity contribution is 6.06. The van der Waals surface area contributed by atoms with E-state index in [1.54, 1.807) is 6.20 Å². The predicted molar refractivity (Wildman–Crippen MR) is 94.3 cm³/mol. The number of pyridine rings is 1. The largest absolute Gasteiger partial charge is 0.478 e. The molecular formula is C19H15N3O3. The second kappa shape index (κ2) is 5.37. The Morgan fingerprint density at radius 1 is 1.36 bits per heavy atom. The summed E-state index contributed by atoms with van der Waals surface area (Å²) >= 11 is 0. The Kier molecular flexibility index (Phi) is 3.28. The topological polar surface area (TPSA) is 91.6 Å². The lowest BCUT2D eigenvalue weighted by Gasteiger charge is -2.20. The number of fused-ring (bicyclic) bond motifs is 3. The molecule has 4 rings (SSSR count). The first-order valence-electron chi connectivity index (χ1n) is 7.84. The van der Waals surface area contributed by atoms with Gasteiger partial charge >= 0.3 is 5.97 Å². The average Bonchev–Trinajstić information content (AvgIpc) is 3.10. The van der Waals surface area contributed by atoms with Gasteiger partial charge in [0, 0.05) is 23.4 Å². The van der Waals surface area contributed by atoms with Crippen molar-refractivity contribution in [2.24, 2.45) is 4.99 Å². The molecule has 0 fully saturated rings. The van der Waals surface area contributed by atoms with E-state index in [1.807, 2.05) is 24.3 Å². The standard InChI is InChI=1S/C19H15N3O3/c1-20-15-8-13-10-19(9-12(13)7-11(15)4-5-16(23)24)14-3-2-6-21-17(14)22-18(19)25/h2-8H,1,9-10H2,(H,23,24)(H,21,22,25)/b5-4+. The number of amides is 1. The van der Waals surface area contributed by atoms with Gasteiger partial charge in [-0.15, -0.1) is 0 Å². The van der Waals surface area contributed by atoms with Crippen LogP contribution in [0.1, 0.15) is 22.3 Å². The highest BCUT2D eigenvalue weighted by Gasteiger charge is 2.51. The van der Waals surface area contributed by atoms with E-state index in [0.29, 0.717) is 29.9 Å². The molecule has 2 aliphatic rings. The third kappa shape index (κ3) is 2.26. The van der Waals surface area contributed by atoms with Crippen molar-refractivity contribution in [3.05, 3.63) is 58.8 Å². The summed E-state index contributed by atoms with van der Waals surface area (Å²) in [6.45, 7) is 3.56. The molecule has 1 atom stereocenters. The number of carbonyl (C=O) groups is 2. The predicted octanol–water partition coefficient (Wildman–Crippen LogP) is 2.50. The number of hydrogen-bond acceptors (Lipinski definition) is 4. The molecule has 2 heterocycles. The van der Waals surface area contributed by atoms with Gasteiger partial charge in [0.05, 0.1) is 11.1 Å². The molecule has 1 aromatic heterocycles. The van der Waals surface area contributed by atoms with Crippen LogP contribution in [0.25, 0.3) is 6.08 Å². The van der Waals surface area contributed by atoms with Crippen molar-refractivity contribution in [1.29, 1.82) is 0 Å². The number of anilines is 1. The van der Waals surface area contributed by atoms with Crippen molar-refractivity contribution in [1.82, 2.24) is 4.98 Å². The first kappa shape index (κ1) is 15.3. The second-order valence-electron chi connectivity index (χ2n) is 6.30. The van der Waals surface area contributed by atoms with Crippen LogP contribution >= 0.6 is 0 Å². The first-order chi connectivity index (χ1) is 12.0. The fraction of sp³-hybridized carbons (Fsp3) is 0.158. The third-order valence-electron chi connectivity index (χ3n) is 4.90. The minimum atomic E-state index is -1.03. The lowest BCUT2D eigenvalue weighted by atomic mass is 9.79. The number of hydrogen-bond donors (Lipinski definition) is 2. The molecule has 0 saturated carbocycles. The summed E-state index contributed by atoms with van der Waals surface area (Å²) in [5.41, 5.74) is 3.59. The third-order valence-corrected chi connectivity index (χ3v) is 4.90. The van der Waals surface area contributed by atoms with Gasteiger partial charge in [-0.05, 0) is 55.0 Å². The summed E-state index contributed by atoms with van der Waals surface area (Å²) in [5.74, 6) is -0.455. The molecule has 1 unspecified atom stereocenters. The van der Waals surface area contributed by atoms with Crippen LogP contribution in [0.5, 0.6) is 0 Å². The molecule has 0 bridgehead atoms. The monoisotopic (exact) mass is 333 g/mol. The molecule has 2 aromatic rings. The molecule has 1 spiro atoms. The van der Waals surface area contributed by atoms with E-state index in [9.17, 15) is 9.59 Å². The molecule has 1 amide bonds. The van der Waals surface area contributed by atoms with Crippen LogP contribution in [-0.2, 0) is 27.8 Å². The van der Waals surface area contributed by atoms with Crippen LogP contribution in [0.2, 0.25) is 0 Å². The lowest BCUT2D eigenvalue weighted by molar-refractivity contribution is -0.131. The first-order valence-corrected chi connectivity index (χ1v) is 7.84. The molecule has 124 valence electrons. The number of rotatable bonds is 3. The molecule has 0 radical (unpaired) electrons. The number of carboxylic acid groups (broad SMARTS) is 1. The van der Waals surface area contributed by atoms with Gasteiger partial charge in [-0.3, -0.25) is 9.79 Å². The molecule has 25 heavy (non-hydrogen) atoms. The SMILES string of the molecule is C=Nc1cc2c(cc1/C=C/C(=O)O)CC1(C2)C(=O)Nc2ncccc21. The van der Waals surface area contributed by atoms with Gasteiger partial charge < -0.3 is 10.4 Å². The summed E-state index contributed by atoms with van der Waals surface area (Å²) in [5, 5.41) is 11.7. The highest BCUT2D eigenvalue weighted by Crippen LogP contribution is 2.47. The molecule has 6 heteroatoms. The number of benzene rings is 1. The van der Waals surface area contributed by atoms with Crippen LogP contribution in [0.15, 0.2) is 41.5 Å². The molecule has 1 aliphatic carbocycles. The molecule has 2 N–H and O–H groups in total. The van der Waals surface area contributed by atoms with E-state index in [1.165, 1.54) is 6.08 Å². The Hall–Kier alpha value is -3.28. The maximum absolute atomic E-state index is 12.7. The summed E-state index contributed by atoms with van der Waals surface area (Å²) in [4.78, 5) is 31.7. The van der Waals surface area contributed by atoms with Crippen molar-refractivity contribution < 1.29 is 14.7 Å². The Morgan fingerprint density at radius 2 is 2.12 bits per heavy atom. The number of carbonyl (C=O) groups excluding carboxylic acids is 1. The quantitative estimate of drug-likeness (QED) is 0.667. The van der Waals surface area contributed by atoms with E-state index in [0.717, 1.165) is 22.8 Å². The van der Waals surface area contributed by atoms with Crippen molar-refractivity contribution in [2.45, 2.75) is 18.3 Å². The van der Waals surface area contributed by atoms with Crippen LogP contribution < -0.4 is 5.32 Å². The van der Waals surface area contributed by atoms with Crippen molar-refractivity contribution in [3.63, 3.8) is 0 Å². The Balaban J connectivity index is 1.80. The van der Waals surface area contributed by atoms with Crippen LogP contribution in [0.3, 0.4) is 0 Å². The zero-order valence-corrected chi connectivity index (χ0v) is 13.3. The molecular weight excluding hydrogens is 318 g/mol. The summed E-state index contributed by atoms with van der Waals surface area (Å²) in [6, 6.07) is 7.56. The van der Waals surface area contributed by atoms with Gasteiger partial charge in [0.1, 0.15) is 5.82 Å². The normalized spacial score (nSPS) is 20.6. The van der Waals surface area contributed by atoms with Gasteiger partial charge in [-0.1, -0.05) is 6.07 Å². The Morgan fingerprint density at radius 3 is 2.84 bits per heavy atom. The number of aliphatic imine (C=N–C) groups is 1. The maximum atomic E-state index is 12.7. The molecule has 0 saturated heterocycles. The minimum absolute atomic E-state index is 0.0480. The number of carboxylic acids is 1. The van der Waals surface area contributed by atoms with Crippen LogP contribution in [-0.4, -0.2) is 28.7 Å². The second-order valence-corrected chi connectivity index (χ2v) is 6.30. The highest BCUT2D eigenvalue weighted by atomic mass is 16.4. The van der Waals surface area contributed by atoms with E-state index in [2.05, 4.69) is 22.0 Å². The minimum Gasteiger partial charge on any atom is -0.478 e. The number of nitrogens with one attached hydrogen (secondary N) is 1. The number of aromatic nitrogens is 1. The summed E-state index contributed by atoms with van der Waals surface area (Å²) in [6.07, 6.45) is 5.36. The van der Waals surface area contributed by atoms with E-state index >= 15 is 0 Å². The molecule has 1 aliphatic heterocycles. The van der Waals surface area contributed by atoms with Crippen LogP contribution in [0, 0.1) is 0 Å². The van der Waals surface area contributed by atoms with E-state index in [-0.39, 0.29) is 5.91 Å². The molecule has 6 nitrogen and oxygen atoms in total. The zero-order chi connectivity index (χ0) is 17.6. The van der Waals surface area contributed by atoms with Gasteiger partial charge in [-0.2, -0.15) is 0 Å².